The largest absolute Gasteiger partial charge is 0.494 e. The Morgan fingerprint density at radius 3 is 1.90 bits per heavy atom. The van der Waals surface area contributed by atoms with Crippen molar-refractivity contribution in [3.8, 4) is 17.2 Å². The molecule has 1 N–H and O–H groups in total. The van der Waals surface area contributed by atoms with E-state index in [1.54, 1.807) is 28.0 Å². The van der Waals surface area contributed by atoms with Crippen LogP contribution in [-0.2, 0) is 9.53 Å². The van der Waals surface area contributed by atoms with E-state index in [0.717, 1.165) is 30.6 Å². The van der Waals surface area contributed by atoms with Crippen LogP contribution < -0.4 is 14.2 Å². The highest BCUT2D eigenvalue weighted by molar-refractivity contribution is 5.97. The Morgan fingerprint density at radius 1 is 0.786 bits per heavy atom. The number of nitrogens with zero attached hydrogens (tertiary/aromatic N) is 2. The standard InChI is InChI=1S/C33H49N3O6/c1-8-35(9-2)31(37)23-42-30-22-28(18-19-29(30)33(38)36(24(4)5)25(6)7)41-21-13-11-12-20-40-27-16-14-26(15-17-27)32(34)39-10-3/h14-19,22,24-25,34H,8-13,20-21,23H2,1-7H3. The number of carbonyl (C=O) groups excluding carboxylic acids is 2. The summed E-state index contributed by atoms with van der Waals surface area (Å²) in [5, 5.41) is 7.84. The van der Waals surface area contributed by atoms with Crippen LogP contribution in [0, 0.1) is 5.41 Å². The molecule has 0 saturated heterocycles. The quantitative estimate of drug-likeness (QED) is 0.128. The molecule has 0 spiro atoms. The van der Waals surface area contributed by atoms with Gasteiger partial charge in [0, 0.05) is 36.8 Å². The van der Waals surface area contributed by atoms with E-state index < -0.39 is 0 Å². The third-order valence-electron chi connectivity index (χ3n) is 6.73. The molecule has 0 atom stereocenters. The lowest BCUT2D eigenvalue weighted by Gasteiger charge is -2.31. The van der Waals surface area contributed by atoms with E-state index in [4.69, 9.17) is 24.4 Å². The Labute approximate surface area is 251 Å². The van der Waals surface area contributed by atoms with E-state index in [1.807, 2.05) is 72.7 Å². The SMILES string of the molecule is CCOC(=N)c1ccc(OCCCCCOc2ccc(C(=O)N(C(C)C)C(C)C)c(OCC(=O)N(CC)CC)c2)cc1. The van der Waals surface area contributed by atoms with E-state index in [2.05, 4.69) is 0 Å². The molecular formula is C33H49N3O6. The Kier molecular flexibility index (Phi) is 14.7. The lowest BCUT2D eigenvalue weighted by atomic mass is 10.1. The molecule has 9 heteroatoms. The highest BCUT2D eigenvalue weighted by atomic mass is 16.5. The third kappa shape index (κ3) is 10.6. The van der Waals surface area contributed by atoms with Gasteiger partial charge < -0.3 is 28.7 Å². The minimum atomic E-state index is -0.146. The van der Waals surface area contributed by atoms with Crippen LogP contribution in [0.5, 0.6) is 17.2 Å². The molecule has 0 aliphatic rings. The average Bonchev–Trinajstić information content (AvgIpc) is 2.96. The zero-order valence-corrected chi connectivity index (χ0v) is 26.4. The van der Waals surface area contributed by atoms with Crippen LogP contribution in [0.4, 0.5) is 0 Å². The first kappa shape index (κ1) is 34.5. The van der Waals surface area contributed by atoms with Gasteiger partial charge in [-0.05, 0) is 104 Å². The van der Waals surface area contributed by atoms with Crippen LogP contribution in [0.25, 0.3) is 0 Å². The maximum Gasteiger partial charge on any atom is 0.260 e. The fourth-order valence-corrected chi connectivity index (χ4v) is 4.59. The van der Waals surface area contributed by atoms with Crippen molar-refractivity contribution in [1.29, 1.82) is 5.41 Å². The topological polar surface area (TPSA) is 101 Å². The Hall–Kier alpha value is -3.75. The molecule has 0 aromatic heterocycles. The van der Waals surface area contributed by atoms with E-state index in [1.165, 1.54) is 0 Å². The minimum Gasteiger partial charge on any atom is -0.494 e. The number of amides is 2. The van der Waals surface area contributed by atoms with Crippen LogP contribution in [0.15, 0.2) is 42.5 Å². The van der Waals surface area contributed by atoms with Gasteiger partial charge in [-0.2, -0.15) is 0 Å². The van der Waals surface area contributed by atoms with Crippen molar-refractivity contribution >= 4 is 17.7 Å². The molecule has 2 aromatic carbocycles. The number of unbranched alkanes of at least 4 members (excludes halogenated alkanes) is 2. The second kappa shape index (κ2) is 17.9. The van der Waals surface area contributed by atoms with Gasteiger partial charge >= 0.3 is 0 Å². The van der Waals surface area contributed by atoms with Gasteiger partial charge in [0.15, 0.2) is 6.61 Å². The number of hydrogen-bond donors (Lipinski definition) is 1. The number of benzene rings is 2. The van der Waals surface area contributed by atoms with Crippen molar-refractivity contribution in [2.45, 2.75) is 79.8 Å². The number of ether oxygens (including phenoxy) is 4. The lowest BCUT2D eigenvalue weighted by Crippen LogP contribution is -2.42. The van der Waals surface area contributed by atoms with Crippen LogP contribution in [0.2, 0.25) is 0 Å². The summed E-state index contributed by atoms with van der Waals surface area (Å²) < 4.78 is 22.9. The van der Waals surface area contributed by atoms with Gasteiger partial charge in [0.2, 0.25) is 5.90 Å². The molecule has 0 aliphatic heterocycles. The van der Waals surface area contributed by atoms with Crippen molar-refractivity contribution in [2.24, 2.45) is 0 Å². The molecule has 0 radical (unpaired) electrons. The summed E-state index contributed by atoms with van der Waals surface area (Å²) in [4.78, 5) is 29.6. The van der Waals surface area contributed by atoms with Gasteiger partial charge in [-0.25, -0.2) is 0 Å². The summed E-state index contributed by atoms with van der Waals surface area (Å²) in [6, 6.07) is 12.6. The second-order valence-corrected chi connectivity index (χ2v) is 10.5. The van der Waals surface area contributed by atoms with Crippen molar-refractivity contribution < 1.29 is 28.5 Å². The molecule has 2 aromatic rings. The van der Waals surface area contributed by atoms with Crippen LogP contribution in [0.3, 0.4) is 0 Å². The number of carbonyl (C=O) groups is 2. The maximum atomic E-state index is 13.5. The summed E-state index contributed by atoms with van der Waals surface area (Å²) in [7, 11) is 0. The first-order chi connectivity index (χ1) is 20.1. The molecule has 0 fully saturated rings. The first-order valence-electron chi connectivity index (χ1n) is 15.1. The Morgan fingerprint density at radius 2 is 1.36 bits per heavy atom. The molecule has 2 rings (SSSR count). The van der Waals surface area contributed by atoms with Crippen LogP contribution in [-0.4, -0.2) is 79.1 Å². The zero-order chi connectivity index (χ0) is 31.1. The summed E-state index contributed by atoms with van der Waals surface area (Å²) in [5.41, 5.74) is 1.14. The van der Waals surface area contributed by atoms with Gasteiger partial charge in [0.25, 0.3) is 11.8 Å². The fourth-order valence-electron chi connectivity index (χ4n) is 4.59. The highest BCUT2D eigenvalue weighted by Crippen LogP contribution is 2.28. The average molecular weight is 584 g/mol. The predicted octanol–water partition coefficient (Wildman–Crippen LogP) is 6.18. The van der Waals surface area contributed by atoms with Gasteiger partial charge in [-0.3, -0.25) is 15.0 Å². The third-order valence-corrected chi connectivity index (χ3v) is 6.73. The second-order valence-electron chi connectivity index (χ2n) is 10.5. The molecule has 0 bridgehead atoms. The molecule has 9 nitrogen and oxygen atoms in total. The van der Waals surface area contributed by atoms with Crippen molar-refractivity contribution in [1.82, 2.24) is 9.80 Å². The summed E-state index contributed by atoms with van der Waals surface area (Å²) in [5.74, 6) is 1.59. The van der Waals surface area contributed by atoms with Crippen molar-refractivity contribution in [2.75, 3.05) is 39.5 Å². The van der Waals surface area contributed by atoms with Crippen LogP contribution >= 0.6 is 0 Å². The summed E-state index contributed by atoms with van der Waals surface area (Å²) in [6.07, 6.45) is 2.62. The van der Waals surface area contributed by atoms with Gasteiger partial charge in [-0.15, -0.1) is 0 Å². The van der Waals surface area contributed by atoms with E-state index in [0.29, 0.717) is 50.0 Å². The summed E-state index contributed by atoms with van der Waals surface area (Å²) >= 11 is 0. The number of likely N-dealkylation sites (N-methyl/N-ethyl adjacent to an activating group) is 1. The monoisotopic (exact) mass is 583 g/mol. The molecule has 0 aliphatic carbocycles. The Balaban J connectivity index is 1.94. The van der Waals surface area contributed by atoms with Gasteiger partial charge in [0.1, 0.15) is 17.2 Å². The normalized spacial score (nSPS) is 10.9. The van der Waals surface area contributed by atoms with E-state index in [9.17, 15) is 9.59 Å². The molecule has 2 amide bonds. The Bertz CT molecular complexity index is 1120. The smallest absolute Gasteiger partial charge is 0.260 e. The molecule has 0 unspecified atom stereocenters. The van der Waals surface area contributed by atoms with E-state index in [-0.39, 0.29) is 36.4 Å². The lowest BCUT2D eigenvalue weighted by molar-refractivity contribution is -0.133. The number of hydrogen-bond acceptors (Lipinski definition) is 7. The van der Waals surface area contributed by atoms with Crippen molar-refractivity contribution in [3.05, 3.63) is 53.6 Å². The predicted molar refractivity (Wildman–Crippen MR) is 166 cm³/mol. The van der Waals surface area contributed by atoms with Crippen LogP contribution in [0.1, 0.15) is 83.7 Å². The molecule has 232 valence electrons. The number of nitrogens with one attached hydrogen (secondary N) is 1. The zero-order valence-electron chi connectivity index (χ0n) is 26.4. The fraction of sp³-hybridized carbons (Fsp3) is 0.545. The maximum absolute atomic E-state index is 13.5. The molecule has 42 heavy (non-hydrogen) atoms. The molecule has 0 heterocycles. The first-order valence-corrected chi connectivity index (χ1v) is 15.1. The molecular weight excluding hydrogens is 534 g/mol. The van der Waals surface area contributed by atoms with Crippen molar-refractivity contribution in [3.63, 3.8) is 0 Å². The highest BCUT2D eigenvalue weighted by Gasteiger charge is 2.25. The summed E-state index contributed by atoms with van der Waals surface area (Å²) in [6.45, 7) is 16.2. The number of rotatable bonds is 18. The minimum absolute atomic E-state index is 0.0110. The van der Waals surface area contributed by atoms with Gasteiger partial charge in [-0.1, -0.05) is 0 Å². The molecule has 0 saturated carbocycles. The van der Waals surface area contributed by atoms with Gasteiger partial charge in [0.05, 0.1) is 25.4 Å². The van der Waals surface area contributed by atoms with E-state index >= 15 is 0 Å².